The Bertz CT molecular complexity index is 828. The van der Waals surface area contributed by atoms with Crippen molar-refractivity contribution < 1.29 is 0 Å². The molecule has 0 unspecified atom stereocenters. The van der Waals surface area contributed by atoms with Crippen LogP contribution in [0.3, 0.4) is 0 Å². The summed E-state index contributed by atoms with van der Waals surface area (Å²) in [7, 11) is 0. The lowest BCUT2D eigenvalue weighted by Gasteiger charge is -2.07. The van der Waals surface area contributed by atoms with E-state index in [-0.39, 0.29) is 6.15 Å². The van der Waals surface area contributed by atoms with E-state index in [2.05, 4.69) is 34.2 Å². The summed E-state index contributed by atoms with van der Waals surface area (Å²) in [6.45, 7) is 0. The maximum absolute atomic E-state index is 4.56. The third-order valence-corrected chi connectivity index (χ3v) is 3.57. The Labute approximate surface area is 122 Å². The van der Waals surface area contributed by atoms with Gasteiger partial charge in [-0.2, -0.15) is 0 Å². The van der Waals surface area contributed by atoms with Gasteiger partial charge in [-0.15, -0.1) is 0 Å². The Morgan fingerprint density at radius 2 is 0.952 bits per heavy atom. The Morgan fingerprint density at radius 3 is 1.43 bits per heavy atom. The third kappa shape index (κ3) is 2.14. The van der Waals surface area contributed by atoms with E-state index in [0.717, 1.165) is 22.2 Å². The first-order valence-electron chi connectivity index (χ1n) is 6.61. The molecule has 3 radical (unpaired) electrons. The van der Waals surface area contributed by atoms with Gasteiger partial charge in [0.1, 0.15) is 0 Å². The molecule has 0 N–H and O–H groups in total. The van der Waals surface area contributed by atoms with Crippen LogP contribution in [0.5, 0.6) is 0 Å². The smallest absolute Gasteiger partial charge is 0.0970 e. The van der Waals surface area contributed by atoms with E-state index in [1.54, 1.807) is 0 Å². The molecule has 0 saturated carbocycles. The highest BCUT2D eigenvalue weighted by Crippen LogP contribution is 2.29. The molecule has 0 fully saturated rings. The number of nitrogens with zero attached hydrogens (tertiary/aromatic N) is 3. The molecule has 0 saturated heterocycles. The van der Waals surface area contributed by atoms with Gasteiger partial charge in [0.15, 0.2) is 0 Å². The van der Waals surface area contributed by atoms with Gasteiger partial charge < -0.3 is 0 Å². The van der Waals surface area contributed by atoms with Crippen molar-refractivity contribution in [2.45, 2.75) is 0 Å². The lowest BCUT2D eigenvalue weighted by Crippen LogP contribution is -1.90. The molecule has 0 aliphatic rings. The van der Waals surface area contributed by atoms with Gasteiger partial charge in [-0.25, -0.2) is 0 Å². The van der Waals surface area contributed by atoms with Gasteiger partial charge in [-0.05, 0) is 22.9 Å². The number of pyridine rings is 2. The number of fused-ring (bicyclic) bond motifs is 2. The monoisotopic (exact) mass is 270 g/mol. The topological polar surface area (TPSA) is 56.3 Å². The second kappa shape index (κ2) is 5.31. The van der Waals surface area contributed by atoms with Crippen molar-refractivity contribution in [3.05, 3.63) is 73.1 Å². The van der Waals surface area contributed by atoms with Crippen LogP contribution in [0, 0.1) is 0 Å². The highest BCUT2D eigenvalue weighted by atomic mass is 14.8. The SMILES string of the molecule is [N].c1ccc2c(-c3nccc4ccccc34)nccc2c1. The summed E-state index contributed by atoms with van der Waals surface area (Å²) >= 11 is 0. The van der Waals surface area contributed by atoms with E-state index in [1.165, 1.54) is 10.8 Å². The lowest BCUT2D eigenvalue weighted by molar-refractivity contribution is 1.29. The molecule has 0 bridgehead atoms. The van der Waals surface area contributed by atoms with Crippen molar-refractivity contribution in [3.63, 3.8) is 0 Å². The standard InChI is InChI=1S/C18H12N2.N/c1-3-7-15-13(5-1)9-11-19-17(15)18-16-8-4-2-6-14(16)10-12-20-18;/h1-12H;. The number of rotatable bonds is 1. The first-order chi connectivity index (χ1) is 9.93. The average Bonchev–Trinajstić information content (AvgIpc) is 2.54. The molecular weight excluding hydrogens is 258 g/mol. The van der Waals surface area contributed by atoms with Crippen LogP contribution >= 0.6 is 0 Å². The van der Waals surface area contributed by atoms with E-state index < -0.39 is 0 Å². The Kier molecular flexibility index (Phi) is 3.34. The van der Waals surface area contributed by atoms with Crippen LogP contribution in [0.2, 0.25) is 0 Å². The lowest BCUT2D eigenvalue weighted by atomic mass is 10.0. The second-order valence-electron chi connectivity index (χ2n) is 4.76. The van der Waals surface area contributed by atoms with Gasteiger partial charge in [0.2, 0.25) is 0 Å². The summed E-state index contributed by atoms with van der Waals surface area (Å²) in [5, 5.41) is 4.65. The minimum atomic E-state index is 0. The van der Waals surface area contributed by atoms with Crippen molar-refractivity contribution in [1.82, 2.24) is 16.1 Å². The summed E-state index contributed by atoms with van der Waals surface area (Å²) in [6.07, 6.45) is 3.70. The Balaban J connectivity index is 0.00000132. The predicted octanol–water partition coefficient (Wildman–Crippen LogP) is 3.97. The third-order valence-electron chi connectivity index (χ3n) is 3.57. The predicted molar refractivity (Wildman–Crippen MR) is 84.6 cm³/mol. The highest BCUT2D eigenvalue weighted by Gasteiger charge is 2.09. The highest BCUT2D eigenvalue weighted by molar-refractivity contribution is 6.02. The van der Waals surface area contributed by atoms with Crippen molar-refractivity contribution in [1.29, 1.82) is 0 Å². The zero-order valence-electron chi connectivity index (χ0n) is 11.3. The van der Waals surface area contributed by atoms with Gasteiger partial charge in [0, 0.05) is 29.3 Å². The van der Waals surface area contributed by atoms with Gasteiger partial charge in [-0.1, -0.05) is 48.5 Å². The molecule has 0 aliphatic heterocycles. The van der Waals surface area contributed by atoms with Crippen molar-refractivity contribution in [2.75, 3.05) is 0 Å². The van der Waals surface area contributed by atoms with E-state index >= 15 is 0 Å². The van der Waals surface area contributed by atoms with Crippen LogP contribution < -0.4 is 6.15 Å². The molecule has 0 aliphatic carbocycles. The van der Waals surface area contributed by atoms with Crippen LogP contribution in [0.1, 0.15) is 0 Å². The zero-order valence-corrected chi connectivity index (χ0v) is 11.3. The quantitative estimate of drug-likeness (QED) is 0.525. The average molecular weight is 270 g/mol. The minimum Gasteiger partial charge on any atom is -0.254 e. The molecule has 2 aromatic carbocycles. The summed E-state index contributed by atoms with van der Waals surface area (Å²) < 4.78 is 0. The molecule has 4 aromatic rings. The second-order valence-corrected chi connectivity index (χ2v) is 4.76. The molecule has 2 aromatic heterocycles. The van der Waals surface area contributed by atoms with Crippen LogP contribution in [0.4, 0.5) is 0 Å². The zero-order chi connectivity index (χ0) is 13.4. The van der Waals surface area contributed by atoms with Gasteiger partial charge in [0.25, 0.3) is 0 Å². The van der Waals surface area contributed by atoms with Crippen LogP contribution in [0.15, 0.2) is 73.1 Å². The Hall–Kier alpha value is -2.78. The fraction of sp³-hybridized carbons (Fsp3) is 0. The minimum absolute atomic E-state index is 0. The molecule has 3 nitrogen and oxygen atoms in total. The summed E-state index contributed by atoms with van der Waals surface area (Å²) in [5.41, 5.74) is 1.89. The summed E-state index contributed by atoms with van der Waals surface area (Å²) in [6, 6.07) is 20.6. The number of aromatic nitrogens is 2. The summed E-state index contributed by atoms with van der Waals surface area (Å²) in [5.74, 6) is 0. The van der Waals surface area contributed by atoms with Crippen LogP contribution in [-0.4, -0.2) is 9.97 Å². The molecular formula is C18H12N3. The number of hydrogen-bond donors (Lipinski definition) is 0. The fourth-order valence-corrected chi connectivity index (χ4v) is 2.62. The molecule has 4 rings (SSSR count). The largest absolute Gasteiger partial charge is 0.254 e. The molecule has 21 heavy (non-hydrogen) atoms. The van der Waals surface area contributed by atoms with Crippen molar-refractivity contribution >= 4 is 21.5 Å². The van der Waals surface area contributed by atoms with Gasteiger partial charge >= 0.3 is 0 Å². The number of benzene rings is 2. The number of hydrogen-bond acceptors (Lipinski definition) is 2. The molecule has 0 atom stereocenters. The summed E-state index contributed by atoms with van der Waals surface area (Å²) in [4.78, 5) is 9.13. The van der Waals surface area contributed by atoms with Crippen LogP contribution in [-0.2, 0) is 0 Å². The van der Waals surface area contributed by atoms with E-state index in [4.69, 9.17) is 0 Å². The maximum atomic E-state index is 4.56. The molecule has 2 heterocycles. The Morgan fingerprint density at radius 1 is 0.524 bits per heavy atom. The molecule has 0 amide bonds. The van der Waals surface area contributed by atoms with Crippen LogP contribution in [0.25, 0.3) is 32.9 Å². The molecule has 0 spiro atoms. The van der Waals surface area contributed by atoms with Crippen molar-refractivity contribution in [3.8, 4) is 11.4 Å². The van der Waals surface area contributed by atoms with E-state index in [1.807, 2.05) is 48.8 Å². The fourth-order valence-electron chi connectivity index (χ4n) is 2.62. The van der Waals surface area contributed by atoms with Gasteiger partial charge in [-0.3, -0.25) is 9.97 Å². The van der Waals surface area contributed by atoms with Crippen molar-refractivity contribution in [2.24, 2.45) is 0 Å². The maximum Gasteiger partial charge on any atom is 0.0970 e. The molecule has 3 heteroatoms. The van der Waals surface area contributed by atoms with E-state index in [9.17, 15) is 0 Å². The van der Waals surface area contributed by atoms with E-state index in [0.29, 0.717) is 0 Å². The normalized spacial score (nSPS) is 10.5. The molecule has 99 valence electrons. The first kappa shape index (κ1) is 13.2. The first-order valence-corrected chi connectivity index (χ1v) is 6.61. The van der Waals surface area contributed by atoms with Gasteiger partial charge in [0.05, 0.1) is 11.4 Å².